The van der Waals surface area contributed by atoms with E-state index >= 15 is 0 Å². The van der Waals surface area contributed by atoms with Crippen molar-refractivity contribution in [2.24, 2.45) is 0 Å². The highest BCUT2D eigenvalue weighted by molar-refractivity contribution is 6.31. The van der Waals surface area contributed by atoms with Crippen molar-refractivity contribution in [1.29, 1.82) is 5.26 Å². The van der Waals surface area contributed by atoms with Crippen LogP contribution in [0.15, 0.2) is 36.2 Å². The van der Waals surface area contributed by atoms with Gasteiger partial charge in [-0.05, 0) is 30.7 Å². The number of nitrogens with one attached hydrogen (secondary N) is 1. The maximum atomic E-state index is 12.4. The normalized spacial score (nSPS) is 14.6. The molecule has 1 aliphatic heterocycles. The Hall–Kier alpha value is -2.95. The number of carbonyl (C=O) groups is 1. The van der Waals surface area contributed by atoms with Crippen LogP contribution in [0.5, 0.6) is 0 Å². The highest BCUT2D eigenvalue weighted by atomic mass is 35.5. The summed E-state index contributed by atoms with van der Waals surface area (Å²) in [6.07, 6.45) is 4.64. The van der Waals surface area contributed by atoms with Gasteiger partial charge in [-0.25, -0.2) is 9.97 Å². The molecule has 0 atom stereocenters. The van der Waals surface area contributed by atoms with Crippen LogP contribution in [0.2, 0.25) is 5.02 Å². The second-order valence-corrected chi connectivity index (χ2v) is 6.36. The topological polar surface area (TPSA) is 91.1 Å². The molecule has 2 heterocycles. The molecule has 1 saturated heterocycles. The van der Waals surface area contributed by atoms with Crippen molar-refractivity contribution in [2.75, 3.05) is 36.5 Å². The van der Waals surface area contributed by atoms with Crippen molar-refractivity contribution >= 4 is 35.2 Å². The standard InChI is InChI=1S/C19H18ClN5O2/c1-13-16(20)3-2-4-17(13)24-18(26)15(10-21)9-14-11-22-19(23-12-14)25-5-7-27-8-6-25/h2-4,9,11-12H,5-8H2,1H3,(H,24,26)/b15-9+. The van der Waals surface area contributed by atoms with E-state index < -0.39 is 5.91 Å². The molecule has 1 aromatic heterocycles. The monoisotopic (exact) mass is 383 g/mol. The average Bonchev–Trinajstić information content (AvgIpc) is 2.70. The Bertz CT molecular complexity index is 899. The number of amides is 1. The Morgan fingerprint density at radius 3 is 2.70 bits per heavy atom. The third kappa shape index (κ3) is 4.61. The van der Waals surface area contributed by atoms with Crippen LogP contribution in [0, 0.1) is 18.3 Å². The highest BCUT2D eigenvalue weighted by Gasteiger charge is 2.14. The number of hydrogen-bond acceptors (Lipinski definition) is 6. The molecule has 1 fully saturated rings. The minimum atomic E-state index is -0.514. The zero-order valence-electron chi connectivity index (χ0n) is 14.8. The second kappa shape index (κ2) is 8.62. The Balaban J connectivity index is 1.74. The lowest BCUT2D eigenvalue weighted by atomic mass is 10.1. The summed E-state index contributed by atoms with van der Waals surface area (Å²) in [6, 6.07) is 7.12. The largest absolute Gasteiger partial charge is 0.378 e. The Labute approximate surface area is 162 Å². The van der Waals surface area contributed by atoms with Gasteiger partial charge in [-0.2, -0.15) is 5.26 Å². The van der Waals surface area contributed by atoms with Crippen molar-refractivity contribution < 1.29 is 9.53 Å². The second-order valence-electron chi connectivity index (χ2n) is 5.95. The molecule has 1 N–H and O–H groups in total. The van der Waals surface area contributed by atoms with E-state index in [0.717, 1.165) is 18.7 Å². The predicted octanol–water partition coefficient (Wildman–Crippen LogP) is 2.82. The molecule has 0 unspecified atom stereocenters. The first-order valence-corrected chi connectivity index (χ1v) is 8.79. The van der Waals surface area contributed by atoms with Crippen LogP contribution in [0.4, 0.5) is 11.6 Å². The van der Waals surface area contributed by atoms with Crippen molar-refractivity contribution in [3.05, 3.63) is 52.3 Å². The quantitative estimate of drug-likeness (QED) is 0.644. The van der Waals surface area contributed by atoms with Crippen molar-refractivity contribution in [2.45, 2.75) is 6.92 Å². The third-order valence-corrected chi connectivity index (χ3v) is 4.55. The van der Waals surface area contributed by atoms with Crippen LogP contribution in [0.25, 0.3) is 6.08 Å². The summed E-state index contributed by atoms with van der Waals surface area (Å²) < 4.78 is 5.31. The Morgan fingerprint density at radius 1 is 1.33 bits per heavy atom. The fraction of sp³-hybridized carbons (Fsp3) is 0.263. The molecule has 0 aliphatic carbocycles. The van der Waals surface area contributed by atoms with Gasteiger partial charge in [-0.15, -0.1) is 0 Å². The molecule has 27 heavy (non-hydrogen) atoms. The maximum Gasteiger partial charge on any atom is 0.266 e. The van der Waals surface area contributed by atoms with Crippen molar-refractivity contribution in [3.63, 3.8) is 0 Å². The molecule has 3 rings (SSSR count). The lowest BCUT2D eigenvalue weighted by Gasteiger charge is -2.26. The van der Waals surface area contributed by atoms with Gasteiger partial charge in [0.15, 0.2) is 0 Å². The molecule has 1 amide bonds. The van der Waals surface area contributed by atoms with Gasteiger partial charge in [0.05, 0.1) is 13.2 Å². The van der Waals surface area contributed by atoms with Gasteiger partial charge in [-0.3, -0.25) is 4.79 Å². The van der Waals surface area contributed by atoms with E-state index in [9.17, 15) is 10.1 Å². The summed E-state index contributed by atoms with van der Waals surface area (Å²) in [4.78, 5) is 23.1. The Kier molecular flexibility index (Phi) is 6.01. The summed E-state index contributed by atoms with van der Waals surface area (Å²) in [6.45, 7) is 4.56. The lowest BCUT2D eigenvalue weighted by Crippen LogP contribution is -2.37. The van der Waals surface area contributed by atoms with E-state index in [1.165, 1.54) is 6.08 Å². The van der Waals surface area contributed by atoms with E-state index in [2.05, 4.69) is 15.3 Å². The number of ether oxygens (including phenoxy) is 1. The van der Waals surface area contributed by atoms with Crippen LogP contribution in [0.3, 0.4) is 0 Å². The molecular formula is C19H18ClN5O2. The van der Waals surface area contributed by atoms with Gasteiger partial charge in [0, 0.05) is 41.8 Å². The van der Waals surface area contributed by atoms with E-state index in [0.29, 0.717) is 35.4 Å². The Morgan fingerprint density at radius 2 is 2.04 bits per heavy atom. The summed E-state index contributed by atoms with van der Waals surface area (Å²) in [5.74, 6) is 0.0908. The van der Waals surface area contributed by atoms with Gasteiger partial charge in [0.25, 0.3) is 5.91 Å². The zero-order valence-corrected chi connectivity index (χ0v) is 15.5. The maximum absolute atomic E-state index is 12.4. The molecule has 0 saturated carbocycles. The predicted molar refractivity (Wildman–Crippen MR) is 103 cm³/mol. The summed E-state index contributed by atoms with van der Waals surface area (Å²) >= 11 is 6.06. The molecule has 0 radical (unpaired) electrons. The van der Waals surface area contributed by atoms with Crippen LogP contribution < -0.4 is 10.2 Å². The SMILES string of the molecule is Cc1c(Cl)cccc1NC(=O)/C(C#N)=C/c1cnc(N2CCOCC2)nc1. The van der Waals surface area contributed by atoms with E-state index in [1.54, 1.807) is 37.5 Å². The number of nitrogens with zero attached hydrogens (tertiary/aromatic N) is 4. The fourth-order valence-electron chi connectivity index (χ4n) is 2.58. The van der Waals surface area contributed by atoms with Gasteiger partial charge in [-0.1, -0.05) is 17.7 Å². The van der Waals surface area contributed by atoms with Crippen molar-refractivity contribution in [3.8, 4) is 6.07 Å². The molecule has 1 aliphatic rings. The molecular weight excluding hydrogens is 366 g/mol. The first-order chi connectivity index (χ1) is 13.1. The lowest BCUT2D eigenvalue weighted by molar-refractivity contribution is -0.112. The van der Waals surface area contributed by atoms with Gasteiger partial charge in [0.1, 0.15) is 11.6 Å². The number of aromatic nitrogens is 2. The number of halogens is 1. The highest BCUT2D eigenvalue weighted by Crippen LogP contribution is 2.23. The van der Waals surface area contributed by atoms with Gasteiger partial charge in [0.2, 0.25) is 5.95 Å². The number of anilines is 2. The number of hydrogen-bond donors (Lipinski definition) is 1. The van der Waals surface area contributed by atoms with Crippen LogP contribution in [0.1, 0.15) is 11.1 Å². The van der Waals surface area contributed by atoms with Crippen LogP contribution >= 0.6 is 11.6 Å². The molecule has 138 valence electrons. The molecule has 7 nitrogen and oxygen atoms in total. The number of carbonyl (C=O) groups excluding carboxylic acids is 1. The van der Waals surface area contributed by atoms with Gasteiger partial charge < -0.3 is 15.0 Å². The minimum absolute atomic E-state index is 0.0444. The number of nitriles is 1. The zero-order chi connectivity index (χ0) is 19.2. The van der Waals surface area contributed by atoms with Crippen molar-refractivity contribution in [1.82, 2.24) is 9.97 Å². The van der Waals surface area contributed by atoms with Crippen LogP contribution in [-0.4, -0.2) is 42.2 Å². The molecule has 0 spiro atoms. The molecule has 0 bridgehead atoms. The minimum Gasteiger partial charge on any atom is -0.378 e. The van der Waals surface area contributed by atoms with Gasteiger partial charge >= 0.3 is 0 Å². The molecule has 8 heteroatoms. The first-order valence-electron chi connectivity index (χ1n) is 8.41. The van der Waals surface area contributed by atoms with E-state index in [4.69, 9.17) is 16.3 Å². The number of benzene rings is 1. The fourth-order valence-corrected chi connectivity index (χ4v) is 2.75. The summed E-state index contributed by atoms with van der Waals surface area (Å²) in [5, 5.41) is 12.6. The van der Waals surface area contributed by atoms with E-state index in [-0.39, 0.29) is 5.57 Å². The van der Waals surface area contributed by atoms with Crippen LogP contribution in [-0.2, 0) is 9.53 Å². The average molecular weight is 384 g/mol. The summed E-state index contributed by atoms with van der Waals surface area (Å²) in [5.41, 5.74) is 1.83. The third-order valence-electron chi connectivity index (χ3n) is 4.14. The molecule has 2 aromatic rings. The molecule has 1 aromatic carbocycles. The smallest absolute Gasteiger partial charge is 0.266 e. The number of morpholine rings is 1. The van der Waals surface area contributed by atoms with E-state index in [1.807, 2.05) is 11.0 Å². The summed E-state index contributed by atoms with van der Waals surface area (Å²) in [7, 11) is 0. The first kappa shape index (κ1) is 18.8. The number of rotatable bonds is 4.